The van der Waals surface area contributed by atoms with Gasteiger partial charge in [0.1, 0.15) is 0 Å². The van der Waals surface area contributed by atoms with E-state index in [0.29, 0.717) is 17.1 Å². The predicted octanol–water partition coefficient (Wildman–Crippen LogP) is -2.53. The molecule has 0 bridgehead atoms. The third-order valence-corrected chi connectivity index (χ3v) is 1.82. The van der Waals surface area contributed by atoms with Crippen LogP contribution in [0.2, 0.25) is 0 Å². The van der Waals surface area contributed by atoms with Crippen molar-refractivity contribution in [1.82, 2.24) is 0 Å². The summed E-state index contributed by atoms with van der Waals surface area (Å²) in [5.41, 5.74) is 0.705. The zero-order valence-electron chi connectivity index (χ0n) is 9.52. The van der Waals surface area contributed by atoms with Gasteiger partial charge in [0.2, 0.25) is 0 Å². The van der Waals surface area contributed by atoms with Gasteiger partial charge in [-0.15, -0.1) is 0 Å². The molecule has 0 saturated heterocycles. The van der Waals surface area contributed by atoms with Crippen LogP contribution in [0.25, 0.3) is 6.08 Å². The molecule has 1 aromatic rings. The summed E-state index contributed by atoms with van der Waals surface area (Å²) in [4.78, 5) is 10.2. The molecule has 4 nitrogen and oxygen atoms in total. The number of hydrogen-bond donors (Lipinski definition) is 0. The molecule has 0 aromatic heterocycles. The maximum absolute atomic E-state index is 10.2. The van der Waals surface area contributed by atoms with Crippen LogP contribution in [-0.4, -0.2) is 20.2 Å². The van der Waals surface area contributed by atoms with E-state index in [1.165, 1.54) is 20.3 Å². The van der Waals surface area contributed by atoms with Gasteiger partial charge in [-0.05, 0) is 23.8 Å². The number of benzene rings is 1. The molecule has 0 unspecified atom stereocenters. The number of carbonyl (C=O) groups excluding carboxylic acids is 1. The van der Waals surface area contributed by atoms with E-state index < -0.39 is 5.97 Å². The molecular weight excluding hydrogens is 235 g/mol. The number of aliphatic carboxylic acids is 1. The van der Waals surface area contributed by atoms with Crippen LogP contribution in [0.5, 0.6) is 11.5 Å². The average molecular weight is 246 g/mol. The first kappa shape index (κ1) is 15.7. The minimum atomic E-state index is -1.23. The van der Waals surface area contributed by atoms with Crippen molar-refractivity contribution in [2.24, 2.45) is 0 Å². The maximum Gasteiger partial charge on any atom is 1.00 e. The molecule has 0 radical (unpaired) electrons. The zero-order chi connectivity index (χ0) is 11.3. The standard InChI is InChI=1S/C11H12O4.K/c1-14-9-5-3-8(4-6-11(12)13)7-10(9)15-2;/h3-7H,1-2H3,(H,12,13);/q;+1/p-1/b6-4+;. The number of ether oxygens (including phenoxy) is 2. The van der Waals surface area contributed by atoms with Crippen molar-refractivity contribution in [2.75, 3.05) is 14.2 Å². The van der Waals surface area contributed by atoms with Gasteiger partial charge in [-0.2, -0.15) is 0 Å². The third-order valence-electron chi connectivity index (χ3n) is 1.82. The first-order valence-electron chi connectivity index (χ1n) is 4.28. The van der Waals surface area contributed by atoms with Crippen LogP contribution < -0.4 is 66.0 Å². The second-order valence-corrected chi connectivity index (χ2v) is 2.77. The first-order valence-corrected chi connectivity index (χ1v) is 4.28. The van der Waals surface area contributed by atoms with Gasteiger partial charge in [0.15, 0.2) is 11.5 Å². The monoisotopic (exact) mass is 246 g/mol. The molecule has 1 rings (SSSR count). The van der Waals surface area contributed by atoms with E-state index in [9.17, 15) is 9.90 Å². The Morgan fingerprint density at radius 2 is 1.88 bits per heavy atom. The summed E-state index contributed by atoms with van der Waals surface area (Å²) in [5.74, 6) is -0.0779. The maximum atomic E-state index is 10.2. The summed E-state index contributed by atoms with van der Waals surface area (Å²) in [5, 5.41) is 10.2. The second-order valence-electron chi connectivity index (χ2n) is 2.77. The Balaban J connectivity index is 0.00000225. The minimum Gasteiger partial charge on any atom is -0.545 e. The number of carboxylic acids is 1. The third kappa shape index (κ3) is 4.67. The second kappa shape index (κ2) is 7.86. The number of methoxy groups -OCH3 is 2. The van der Waals surface area contributed by atoms with E-state index in [2.05, 4.69) is 0 Å². The van der Waals surface area contributed by atoms with E-state index in [1.807, 2.05) is 0 Å². The molecule has 1 aromatic carbocycles. The van der Waals surface area contributed by atoms with Crippen LogP contribution in [0, 0.1) is 0 Å². The van der Waals surface area contributed by atoms with Crippen molar-refractivity contribution < 1.29 is 70.8 Å². The largest absolute Gasteiger partial charge is 1.00 e. The Kier molecular flexibility index (Phi) is 7.70. The van der Waals surface area contributed by atoms with Gasteiger partial charge in [-0.25, -0.2) is 0 Å². The first-order chi connectivity index (χ1) is 7.17. The Morgan fingerprint density at radius 3 is 2.38 bits per heavy atom. The fourth-order valence-corrected chi connectivity index (χ4v) is 1.12. The molecule has 80 valence electrons. The summed E-state index contributed by atoms with van der Waals surface area (Å²) in [7, 11) is 3.05. The molecule has 0 atom stereocenters. The van der Waals surface area contributed by atoms with Crippen molar-refractivity contribution >= 4 is 12.0 Å². The zero-order valence-corrected chi connectivity index (χ0v) is 12.6. The fourth-order valence-electron chi connectivity index (χ4n) is 1.12. The molecule has 0 aliphatic rings. The fraction of sp³-hybridized carbons (Fsp3) is 0.182. The van der Waals surface area contributed by atoms with Crippen molar-refractivity contribution in [2.45, 2.75) is 0 Å². The predicted molar refractivity (Wildman–Crippen MR) is 53.6 cm³/mol. The molecule has 0 heterocycles. The van der Waals surface area contributed by atoms with Crippen LogP contribution in [0.1, 0.15) is 5.56 Å². The van der Waals surface area contributed by atoms with Gasteiger partial charge < -0.3 is 19.4 Å². The molecule has 0 N–H and O–H groups in total. The van der Waals surface area contributed by atoms with Crippen LogP contribution in [-0.2, 0) is 4.79 Å². The smallest absolute Gasteiger partial charge is 0.545 e. The Bertz CT molecular complexity index is 388. The average Bonchev–Trinajstić information content (AvgIpc) is 2.25. The van der Waals surface area contributed by atoms with Gasteiger partial charge in [-0.1, -0.05) is 12.1 Å². The number of carbonyl (C=O) groups is 1. The molecule has 0 saturated carbocycles. The normalized spacial score (nSPS) is 9.62. The van der Waals surface area contributed by atoms with Crippen molar-refractivity contribution in [3.05, 3.63) is 29.8 Å². The number of hydrogen-bond acceptors (Lipinski definition) is 4. The van der Waals surface area contributed by atoms with E-state index in [1.54, 1.807) is 18.2 Å². The SMILES string of the molecule is COc1ccc(/C=C/C(=O)[O-])cc1OC.[K+]. The van der Waals surface area contributed by atoms with E-state index in [-0.39, 0.29) is 51.4 Å². The molecule has 0 fully saturated rings. The van der Waals surface area contributed by atoms with Crippen molar-refractivity contribution in [3.8, 4) is 11.5 Å². The van der Waals surface area contributed by atoms with Crippen LogP contribution in [0.15, 0.2) is 24.3 Å². The van der Waals surface area contributed by atoms with Crippen LogP contribution in [0.3, 0.4) is 0 Å². The molecule has 0 spiro atoms. The van der Waals surface area contributed by atoms with E-state index in [0.717, 1.165) is 6.08 Å². The minimum absolute atomic E-state index is 0. The van der Waals surface area contributed by atoms with Crippen LogP contribution >= 0.6 is 0 Å². The number of rotatable bonds is 4. The molecule has 0 aliphatic heterocycles. The van der Waals surface area contributed by atoms with E-state index >= 15 is 0 Å². The Hall–Kier alpha value is -0.334. The summed E-state index contributed by atoms with van der Waals surface area (Å²) in [6, 6.07) is 5.10. The van der Waals surface area contributed by atoms with Gasteiger partial charge in [0.25, 0.3) is 0 Å². The Labute approximate surface area is 137 Å². The topological polar surface area (TPSA) is 58.6 Å². The van der Waals surface area contributed by atoms with Crippen molar-refractivity contribution in [3.63, 3.8) is 0 Å². The number of carboxylic acid groups (broad SMARTS) is 1. The quantitative estimate of drug-likeness (QED) is 0.434. The van der Waals surface area contributed by atoms with Gasteiger partial charge >= 0.3 is 51.4 Å². The molecule has 0 aliphatic carbocycles. The van der Waals surface area contributed by atoms with E-state index in [4.69, 9.17) is 9.47 Å². The Morgan fingerprint density at radius 1 is 1.25 bits per heavy atom. The van der Waals surface area contributed by atoms with Crippen LogP contribution in [0.4, 0.5) is 0 Å². The summed E-state index contributed by atoms with van der Waals surface area (Å²) >= 11 is 0. The molecular formula is C11H11KO4. The molecule has 5 heteroatoms. The summed E-state index contributed by atoms with van der Waals surface area (Å²) in [6.45, 7) is 0. The van der Waals surface area contributed by atoms with Gasteiger partial charge in [0, 0.05) is 0 Å². The van der Waals surface area contributed by atoms with Gasteiger partial charge in [-0.3, -0.25) is 0 Å². The van der Waals surface area contributed by atoms with Gasteiger partial charge in [0.05, 0.1) is 20.2 Å². The molecule has 0 amide bonds. The summed E-state index contributed by atoms with van der Waals surface area (Å²) in [6.07, 6.45) is 2.39. The van der Waals surface area contributed by atoms with Crippen molar-refractivity contribution in [1.29, 1.82) is 0 Å². The molecule has 16 heavy (non-hydrogen) atoms. The summed E-state index contributed by atoms with van der Waals surface area (Å²) < 4.78 is 10.1.